The molecule has 3 nitrogen and oxygen atoms in total. The van der Waals surface area contributed by atoms with Crippen LogP contribution in [-0.4, -0.2) is 9.55 Å². The van der Waals surface area contributed by atoms with Gasteiger partial charge in [0, 0.05) is 12.4 Å². The fraction of sp³-hybridized carbons (Fsp3) is 0. The van der Waals surface area contributed by atoms with Gasteiger partial charge in [-0.15, -0.1) is 0 Å². The standard InChI is InChI=1S/C10H6ClFN2O/c11-9-10(15)14(6-5-13-9)8-4-2-1-3-7(8)12/h1-6H. The number of hydrogen-bond donors (Lipinski definition) is 0. The molecule has 0 saturated carbocycles. The van der Waals surface area contributed by atoms with Gasteiger partial charge in [0.2, 0.25) is 0 Å². The van der Waals surface area contributed by atoms with E-state index in [4.69, 9.17) is 11.6 Å². The van der Waals surface area contributed by atoms with E-state index in [0.717, 1.165) is 4.57 Å². The Morgan fingerprint density at radius 2 is 2.07 bits per heavy atom. The van der Waals surface area contributed by atoms with Crippen LogP contribution in [0.2, 0.25) is 5.15 Å². The maximum Gasteiger partial charge on any atom is 0.292 e. The summed E-state index contributed by atoms with van der Waals surface area (Å²) in [6.07, 6.45) is 2.71. The topological polar surface area (TPSA) is 34.9 Å². The van der Waals surface area contributed by atoms with Crippen LogP contribution in [0.1, 0.15) is 0 Å². The van der Waals surface area contributed by atoms with Gasteiger partial charge in [0.15, 0.2) is 5.15 Å². The van der Waals surface area contributed by atoms with Gasteiger partial charge in [-0.1, -0.05) is 23.7 Å². The highest BCUT2D eigenvalue weighted by Crippen LogP contribution is 2.10. The summed E-state index contributed by atoms with van der Waals surface area (Å²) in [6, 6.07) is 5.95. The minimum absolute atomic E-state index is 0.159. The molecule has 0 N–H and O–H groups in total. The van der Waals surface area contributed by atoms with E-state index < -0.39 is 11.4 Å². The van der Waals surface area contributed by atoms with Crippen LogP contribution in [0.25, 0.3) is 5.69 Å². The zero-order chi connectivity index (χ0) is 10.8. The number of para-hydroxylation sites is 1. The average molecular weight is 225 g/mol. The van der Waals surface area contributed by atoms with E-state index in [0.29, 0.717) is 0 Å². The molecular weight excluding hydrogens is 219 g/mol. The van der Waals surface area contributed by atoms with Crippen LogP contribution in [0.3, 0.4) is 0 Å². The summed E-state index contributed by atoms with van der Waals surface area (Å²) in [7, 11) is 0. The lowest BCUT2D eigenvalue weighted by Gasteiger charge is -2.05. The zero-order valence-corrected chi connectivity index (χ0v) is 8.28. The summed E-state index contributed by atoms with van der Waals surface area (Å²) >= 11 is 5.55. The lowest BCUT2D eigenvalue weighted by Crippen LogP contribution is -2.19. The molecule has 0 aliphatic rings. The van der Waals surface area contributed by atoms with E-state index in [-0.39, 0.29) is 10.8 Å². The Balaban J connectivity index is 2.70. The lowest BCUT2D eigenvalue weighted by atomic mass is 10.3. The summed E-state index contributed by atoms with van der Waals surface area (Å²) in [5.74, 6) is -0.484. The molecule has 0 saturated heterocycles. The summed E-state index contributed by atoms with van der Waals surface area (Å²) in [4.78, 5) is 15.1. The van der Waals surface area contributed by atoms with Gasteiger partial charge in [0.1, 0.15) is 5.82 Å². The van der Waals surface area contributed by atoms with Crippen LogP contribution in [0.5, 0.6) is 0 Å². The highest BCUT2D eigenvalue weighted by Gasteiger charge is 2.07. The molecule has 0 fully saturated rings. The van der Waals surface area contributed by atoms with E-state index in [1.54, 1.807) is 12.1 Å². The third kappa shape index (κ3) is 1.76. The first-order valence-corrected chi connectivity index (χ1v) is 4.56. The third-order valence-electron chi connectivity index (χ3n) is 1.91. The van der Waals surface area contributed by atoms with Crippen LogP contribution >= 0.6 is 11.6 Å². The molecule has 0 aliphatic carbocycles. The summed E-state index contributed by atoms with van der Waals surface area (Å²) in [5.41, 5.74) is -0.379. The molecule has 5 heteroatoms. The van der Waals surface area contributed by atoms with Crippen LogP contribution in [0.4, 0.5) is 4.39 Å². The normalized spacial score (nSPS) is 10.3. The third-order valence-corrected chi connectivity index (χ3v) is 2.17. The van der Waals surface area contributed by atoms with Crippen molar-refractivity contribution in [1.29, 1.82) is 0 Å². The van der Waals surface area contributed by atoms with Gasteiger partial charge in [-0.05, 0) is 12.1 Å². The molecule has 0 atom stereocenters. The molecule has 1 aromatic carbocycles. The second kappa shape index (κ2) is 3.82. The van der Waals surface area contributed by atoms with Crippen LogP contribution in [-0.2, 0) is 0 Å². The fourth-order valence-corrected chi connectivity index (χ4v) is 1.37. The van der Waals surface area contributed by atoms with Crippen LogP contribution in [0.15, 0.2) is 41.5 Å². The van der Waals surface area contributed by atoms with Gasteiger partial charge in [0.05, 0.1) is 5.69 Å². The van der Waals surface area contributed by atoms with Crippen molar-refractivity contribution in [2.75, 3.05) is 0 Å². The zero-order valence-electron chi connectivity index (χ0n) is 7.52. The first-order chi connectivity index (χ1) is 7.20. The summed E-state index contributed by atoms with van der Waals surface area (Å²) < 4.78 is 14.5. The number of nitrogens with zero attached hydrogens (tertiary/aromatic N) is 2. The Morgan fingerprint density at radius 3 is 2.80 bits per heavy atom. The average Bonchev–Trinajstić information content (AvgIpc) is 2.23. The molecule has 1 aromatic heterocycles. The highest BCUT2D eigenvalue weighted by atomic mass is 35.5. The second-order valence-electron chi connectivity index (χ2n) is 2.84. The molecule has 0 amide bonds. The van der Waals surface area contributed by atoms with Crippen molar-refractivity contribution in [2.45, 2.75) is 0 Å². The number of halogens is 2. The molecule has 0 aliphatic heterocycles. The smallest absolute Gasteiger partial charge is 0.277 e. The molecular formula is C10H6ClFN2O. The second-order valence-corrected chi connectivity index (χ2v) is 3.20. The van der Waals surface area contributed by atoms with Crippen molar-refractivity contribution in [3.05, 3.63) is 58.0 Å². The van der Waals surface area contributed by atoms with Crippen LogP contribution < -0.4 is 5.56 Å². The first kappa shape index (κ1) is 9.86. The van der Waals surface area contributed by atoms with Crippen molar-refractivity contribution in [3.63, 3.8) is 0 Å². The molecule has 0 spiro atoms. The summed E-state index contributed by atoms with van der Waals surface area (Å²) in [5, 5.41) is -0.180. The van der Waals surface area contributed by atoms with Crippen molar-refractivity contribution in [1.82, 2.24) is 9.55 Å². The van der Waals surface area contributed by atoms with Crippen molar-refractivity contribution in [3.8, 4) is 5.69 Å². The minimum atomic E-state index is -0.538. The molecule has 0 unspecified atom stereocenters. The Morgan fingerprint density at radius 1 is 1.33 bits per heavy atom. The highest BCUT2D eigenvalue weighted by molar-refractivity contribution is 6.29. The van der Waals surface area contributed by atoms with Gasteiger partial charge in [-0.2, -0.15) is 0 Å². The van der Waals surface area contributed by atoms with Crippen molar-refractivity contribution < 1.29 is 4.39 Å². The van der Waals surface area contributed by atoms with Gasteiger partial charge in [-0.25, -0.2) is 9.37 Å². The fourth-order valence-electron chi connectivity index (χ4n) is 1.22. The lowest BCUT2D eigenvalue weighted by molar-refractivity contribution is 0.616. The molecule has 76 valence electrons. The number of benzene rings is 1. The van der Waals surface area contributed by atoms with Gasteiger partial charge >= 0.3 is 0 Å². The van der Waals surface area contributed by atoms with E-state index >= 15 is 0 Å². The van der Waals surface area contributed by atoms with E-state index in [9.17, 15) is 9.18 Å². The van der Waals surface area contributed by atoms with Gasteiger partial charge in [-0.3, -0.25) is 9.36 Å². The van der Waals surface area contributed by atoms with Crippen LogP contribution in [0, 0.1) is 5.82 Å². The minimum Gasteiger partial charge on any atom is -0.277 e. The Bertz CT molecular complexity index is 553. The van der Waals surface area contributed by atoms with Gasteiger partial charge < -0.3 is 0 Å². The Hall–Kier alpha value is -1.68. The number of hydrogen-bond acceptors (Lipinski definition) is 2. The largest absolute Gasteiger partial charge is 0.292 e. The maximum absolute atomic E-state index is 13.4. The van der Waals surface area contributed by atoms with E-state index in [2.05, 4.69) is 4.98 Å². The molecule has 2 aromatic rings. The predicted octanol–water partition coefficient (Wildman–Crippen LogP) is 2.02. The number of aromatic nitrogens is 2. The summed E-state index contributed by atoms with van der Waals surface area (Å²) in [6.45, 7) is 0. The van der Waals surface area contributed by atoms with E-state index in [1.807, 2.05) is 0 Å². The van der Waals surface area contributed by atoms with Gasteiger partial charge in [0.25, 0.3) is 5.56 Å². The monoisotopic (exact) mass is 224 g/mol. The molecule has 2 rings (SSSR count). The van der Waals surface area contributed by atoms with Crippen molar-refractivity contribution >= 4 is 11.6 Å². The molecule has 1 heterocycles. The predicted molar refractivity (Wildman–Crippen MR) is 54.8 cm³/mol. The first-order valence-electron chi connectivity index (χ1n) is 4.18. The maximum atomic E-state index is 13.4. The Labute approximate surface area is 89.8 Å². The van der Waals surface area contributed by atoms with E-state index in [1.165, 1.54) is 24.5 Å². The Kier molecular flexibility index (Phi) is 2.51. The SMILES string of the molecule is O=c1c(Cl)nccn1-c1ccccc1F. The molecule has 0 radical (unpaired) electrons. The van der Waals surface area contributed by atoms with Crippen molar-refractivity contribution in [2.24, 2.45) is 0 Å². The molecule has 0 bridgehead atoms. The quantitative estimate of drug-likeness (QED) is 0.743. The number of rotatable bonds is 1. The molecule has 15 heavy (non-hydrogen) atoms.